The topological polar surface area (TPSA) is 22.1 Å². The molecular formula is C16H12BrNO. The zero-order valence-electron chi connectivity index (χ0n) is 10.2. The lowest BCUT2D eigenvalue weighted by Gasteiger charge is -2.07. The first-order valence-corrected chi connectivity index (χ1v) is 6.84. The molecule has 0 aliphatic carbocycles. The molecule has 3 heteroatoms. The molecule has 0 bridgehead atoms. The molecule has 3 aromatic rings. The number of hydrogen-bond donors (Lipinski definition) is 0. The van der Waals surface area contributed by atoms with Gasteiger partial charge in [-0.3, -0.25) is 0 Å². The molecule has 94 valence electrons. The third-order valence-corrected chi connectivity index (χ3v) is 3.68. The number of para-hydroxylation sites is 1. The Kier molecular flexibility index (Phi) is 3.47. The predicted molar refractivity (Wildman–Crippen MR) is 80.2 cm³/mol. The monoisotopic (exact) mass is 313 g/mol. The van der Waals surface area contributed by atoms with Crippen LogP contribution in [0, 0.1) is 0 Å². The fraction of sp³-hybridized carbons (Fsp3) is 0.0625. The maximum absolute atomic E-state index is 5.74. The summed E-state index contributed by atoms with van der Waals surface area (Å²) in [6.07, 6.45) is 0. The highest BCUT2D eigenvalue weighted by molar-refractivity contribution is 9.10. The average Bonchev–Trinajstić information content (AvgIpc) is 2.46. The molecule has 0 unspecified atom stereocenters. The predicted octanol–water partition coefficient (Wildman–Crippen LogP) is 4.58. The van der Waals surface area contributed by atoms with E-state index in [4.69, 9.17) is 4.74 Å². The maximum Gasteiger partial charge on any atom is 0.214 e. The molecule has 0 saturated heterocycles. The van der Waals surface area contributed by atoms with Crippen LogP contribution in [0.4, 0.5) is 0 Å². The number of halogens is 1. The number of fused-ring (bicyclic) bond motifs is 1. The highest BCUT2D eigenvalue weighted by Crippen LogP contribution is 2.20. The van der Waals surface area contributed by atoms with Gasteiger partial charge in [-0.25, -0.2) is 4.98 Å². The number of hydrogen-bond acceptors (Lipinski definition) is 2. The minimum Gasteiger partial charge on any atom is -0.473 e. The van der Waals surface area contributed by atoms with Crippen molar-refractivity contribution in [3.63, 3.8) is 0 Å². The SMILES string of the molecule is Brc1ccccc1COc1ccc2ccccc2n1. The van der Waals surface area contributed by atoms with Crippen molar-refractivity contribution in [1.29, 1.82) is 0 Å². The lowest BCUT2D eigenvalue weighted by molar-refractivity contribution is 0.294. The van der Waals surface area contributed by atoms with Crippen LogP contribution in [0.1, 0.15) is 5.56 Å². The molecule has 1 aromatic heterocycles. The van der Waals surface area contributed by atoms with Crippen LogP contribution in [0.5, 0.6) is 5.88 Å². The molecule has 0 fully saturated rings. The molecule has 0 radical (unpaired) electrons. The Labute approximate surface area is 120 Å². The van der Waals surface area contributed by atoms with Crippen LogP contribution in [0.3, 0.4) is 0 Å². The van der Waals surface area contributed by atoms with Gasteiger partial charge in [-0.2, -0.15) is 0 Å². The summed E-state index contributed by atoms with van der Waals surface area (Å²) in [6.45, 7) is 0.507. The van der Waals surface area contributed by atoms with Gasteiger partial charge in [-0.05, 0) is 18.2 Å². The summed E-state index contributed by atoms with van der Waals surface area (Å²) in [5.41, 5.74) is 2.06. The Bertz CT molecular complexity index is 712. The number of ether oxygens (including phenoxy) is 1. The molecule has 1 heterocycles. The Morgan fingerprint density at radius 2 is 1.68 bits per heavy atom. The molecular weight excluding hydrogens is 302 g/mol. The number of aromatic nitrogens is 1. The number of rotatable bonds is 3. The lowest BCUT2D eigenvalue weighted by Crippen LogP contribution is -1.98. The second kappa shape index (κ2) is 5.41. The van der Waals surface area contributed by atoms with E-state index in [0.29, 0.717) is 12.5 Å². The van der Waals surface area contributed by atoms with E-state index in [0.717, 1.165) is 20.9 Å². The Morgan fingerprint density at radius 1 is 0.895 bits per heavy atom. The molecule has 2 aromatic carbocycles. The second-order valence-corrected chi connectivity index (χ2v) is 5.08. The van der Waals surface area contributed by atoms with Crippen LogP contribution >= 0.6 is 15.9 Å². The molecule has 0 amide bonds. The number of benzene rings is 2. The summed E-state index contributed by atoms with van der Waals surface area (Å²) in [5, 5.41) is 1.12. The van der Waals surface area contributed by atoms with Crippen molar-refractivity contribution < 1.29 is 4.74 Å². The third-order valence-electron chi connectivity index (χ3n) is 2.91. The van der Waals surface area contributed by atoms with Gasteiger partial charge in [0.15, 0.2) is 0 Å². The summed E-state index contributed by atoms with van der Waals surface area (Å²) >= 11 is 3.51. The normalized spacial score (nSPS) is 10.6. The van der Waals surface area contributed by atoms with Crippen molar-refractivity contribution in [2.24, 2.45) is 0 Å². The zero-order chi connectivity index (χ0) is 13.1. The van der Waals surface area contributed by atoms with E-state index in [2.05, 4.69) is 20.9 Å². The standard InChI is InChI=1S/C16H12BrNO/c17-14-7-3-1-6-13(14)11-19-16-10-9-12-5-2-4-8-15(12)18-16/h1-10H,11H2. The molecule has 0 saturated carbocycles. The first-order chi connectivity index (χ1) is 9.33. The Balaban J connectivity index is 1.80. The van der Waals surface area contributed by atoms with Gasteiger partial charge in [0.1, 0.15) is 6.61 Å². The number of nitrogens with zero attached hydrogens (tertiary/aromatic N) is 1. The van der Waals surface area contributed by atoms with Gasteiger partial charge < -0.3 is 4.74 Å². The van der Waals surface area contributed by atoms with Gasteiger partial charge in [0.2, 0.25) is 5.88 Å². The highest BCUT2D eigenvalue weighted by atomic mass is 79.9. The zero-order valence-corrected chi connectivity index (χ0v) is 11.8. The Hall–Kier alpha value is -1.87. The van der Waals surface area contributed by atoms with Crippen molar-refractivity contribution in [3.8, 4) is 5.88 Å². The molecule has 0 aliphatic heterocycles. The van der Waals surface area contributed by atoms with Gasteiger partial charge in [-0.1, -0.05) is 52.3 Å². The fourth-order valence-electron chi connectivity index (χ4n) is 1.89. The van der Waals surface area contributed by atoms with Gasteiger partial charge in [-0.15, -0.1) is 0 Å². The molecule has 0 spiro atoms. The first kappa shape index (κ1) is 12.2. The minimum absolute atomic E-state index is 0.507. The first-order valence-electron chi connectivity index (χ1n) is 6.05. The summed E-state index contributed by atoms with van der Waals surface area (Å²) in [5.74, 6) is 0.648. The van der Waals surface area contributed by atoms with E-state index < -0.39 is 0 Å². The third kappa shape index (κ3) is 2.76. The summed E-state index contributed by atoms with van der Waals surface area (Å²) in [6, 6.07) is 20.0. The van der Waals surface area contributed by atoms with E-state index in [9.17, 15) is 0 Å². The molecule has 19 heavy (non-hydrogen) atoms. The molecule has 0 aliphatic rings. The van der Waals surface area contributed by atoms with E-state index in [1.54, 1.807) is 0 Å². The fourth-order valence-corrected chi connectivity index (χ4v) is 2.29. The van der Waals surface area contributed by atoms with Crippen LogP contribution in [-0.4, -0.2) is 4.98 Å². The van der Waals surface area contributed by atoms with Crippen molar-refractivity contribution in [2.75, 3.05) is 0 Å². The molecule has 2 nitrogen and oxygen atoms in total. The van der Waals surface area contributed by atoms with E-state index in [1.165, 1.54) is 0 Å². The largest absolute Gasteiger partial charge is 0.473 e. The lowest BCUT2D eigenvalue weighted by atomic mass is 10.2. The highest BCUT2D eigenvalue weighted by Gasteiger charge is 2.02. The Morgan fingerprint density at radius 3 is 2.58 bits per heavy atom. The smallest absolute Gasteiger partial charge is 0.214 e. The van der Waals surface area contributed by atoms with Crippen LogP contribution in [0.25, 0.3) is 10.9 Å². The van der Waals surface area contributed by atoms with Crippen molar-refractivity contribution in [3.05, 3.63) is 70.7 Å². The minimum atomic E-state index is 0.507. The van der Waals surface area contributed by atoms with Crippen molar-refractivity contribution >= 4 is 26.8 Å². The van der Waals surface area contributed by atoms with Gasteiger partial charge >= 0.3 is 0 Å². The van der Waals surface area contributed by atoms with Crippen LogP contribution in [0.2, 0.25) is 0 Å². The van der Waals surface area contributed by atoms with Crippen molar-refractivity contribution in [1.82, 2.24) is 4.98 Å². The van der Waals surface area contributed by atoms with Crippen LogP contribution in [-0.2, 0) is 6.61 Å². The van der Waals surface area contributed by atoms with Crippen LogP contribution in [0.15, 0.2) is 65.1 Å². The van der Waals surface area contributed by atoms with E-state index in [1.807, 2.05) is 60.7 Å². The van der Waals surface area contributed by atoms with Crippen molar-refractivity contribution in [2.45, 2.75) is 6.61 Å². The maximum atomic E-state index is 5.74. The molecule has 3 rings (SSSR count). The van der Waals surface area contributed by atoms with Gasteiger partial charge in [0, 0.05) is 21.5 Å². The second-order valence-electron chi connectivity index (χ2n) is 4.22. The van der Waals surface area contributed by atoms with Crippen LogP contribution < -0.4 is 4.74 Å². The summed E-state index contributed by atoms with van der Waals surface area (Å²) in [4.78, 5) is 4.48. The quantitative estimate of drug-likeness (QED) is 0.706. The summed E-state index contributed by atoms with van der Waals surface area (Å²) < 4.78 is 6.79. The van der Waals surface area contributed by atoms with E-state index >= 15 is 0 Å². The van der Waals surface area contributed by atoms with E-state index in [-0.39, 0.29) is 0 Å². The average molecular weight is 314 g/mol. The molecule has 0 N–H and O–H groups in total. The van der Waals surface area contributed by atoms with Gasteiger partial charge in [0.25, 0.3) is 0 Å². The number of pyridine rings is 1. The molecule has 0 atom stereocenters. The van der Waals surface area contributed by atoms with Gasteiger partial charge in [0.05, 0.1) is 5.52 Å². The summed E-state index contributed by atoms with van der Waals surface area (Å²) in [7, 11) is 0.